The molecule has 2 aromatic rings. The first-order chi connectivity index (χ1) is 16.4. The smallest absolute Gasteiger partial charge is 0.335 e. The Balaban J connectivity index is 1.98. The maximum absolute atomic E-state index is 12.8. The molecule has 0 saturated heterocycles. The summed E-state index contributed by atoms with van der Waals surface area (Å²) in [7, 11) is 3.26. The van der Waals surface area contributed by atoms with Crippen molar-refractivity contribution in [3.05, 3.63) is 30.0 Å². The summed E-state index contributed by atoms with van der Waals surface area (Å²) in [6, 6.07) is 4.96. The van der Waals surface area contributed by atoms with Gasteiger partial charge in [0.05, 0.1) is 24.6 Å². The number of unbranched alkanes of at least 4 members (excludes halogenated alkanes) is 1. The minimum atomic E-state index is -1.03. The van der Waals surface area contributed by atoms with Crippen molar-refractivity contribution in [3.8, 4) is 5.75 Å². The van der Waals surface area contributed by atoms with E-state index in [2.05, 4.69) is 29.0 Å². The second-order valence-electron chi connectivity index (χ2n) is 8.53. The maximum atomic E-state index is 12.8. The van der Waals surface area contributed by atoms with Crippen molar-refractivity contribution in [2.45, 2.75) is 64.8 Å². The van der Waals surface area contributed by atoms with Gasteiger partial charge in [-0.3, -0.25) is 4.79 Å². The number of ether oxygens (including phenoxy) is 1. The molecule has 1 aliphatic carbocycles. The van der Waals surface area contributed by atoms with Gasteiger partial charge in [-0.2, -0.15) is 4.98 Å². The van der Waals surface area contributed by atoms with Crippen molar-refractivity contribution in [3.63, 3.8) is 0 Å². The Bertz CT molecular complexity index is 1010. The highest BCUT2D eigenvalue weighted by Gasteiger charge is 2.27. The van der Waals surface area contributed by atoms with Crippen molar-refractivity contribution in [1.29, 1.82) is 0 Å². The first kappa shape index (κ1) is 25.3. The van der Waals surface area contributed by atoms with Crippen LogP contribution in [0.3, 0.4) is 0 Å². The summed E-state index contributed by atoms with van der Waals surface area (Å²) in [5.41, 5.74) is 1.38. The summed E-state index contributed by atoms with van der Waals surface area (Å²) in [4.78, 5) is 37.4. The minimum absolute atomic E-state index is 0.0424. The fraction of sp³-hybridized carbons (Fsp3) is 0.520. The molecule has 1 heterocycles. The number of carboxylic acid groups (broad SMARTS) is 1. The van der Waals surface area contributed by atoms with Gasteiger partial charge in [0.15, 0.2) is 5.82 Å². The number of carbonyl (C=O) groups is 2. The molecule has 3 rings (SSSR count). The second kappa shape index (κ2) is 11.7. The van der Waals surface area contributed by atoms with Crippen molar-refractivity contribution in [2.24, 2.45) is 0 Å². The Morgan fingerprint density at radius 3 is 2.59 bits per heavy atom. The second-order valence-corrected chi connectivity index (χ2v) is 8.53. The Morgan fingerprint density at radius 2 is 1.97 bits per heavy atom. The van der Waals surface area contributed by atoms with Gasteiger partial charge < -0.3 is 25.0 Å². The fourth-order valence-electron chi connectivity index (χ4n) is 4.35. The van der Waals surface area contributed by atoms with Crippen LogP contribution in [-0.2, 0) is 4.79 Å². The maximum Gasteiger partial charge on any atom is 0.335 e. The molecule has 0 radical (unpaired) electrons. The van der Waals surface area contributed by atoms with Gasteiger partial charge in [-0.15, -0.1) is 0 Å². The van der Waals surface area contributed by atoms with Gasteiger partial charge in [0.1, 0.15) is 11.4 Å². The largest absolute Gasteiger partial charge is 0.495 e. The lowest BCUT2D eigenvalue weighted by atomic mass is 10.2. The van der Waals surface area contributed by atoms with E-state index in [1.165, 1.54) is 32.1 Å². The molecular weight excluding hydrogens is 434 g/mol. The predicted molar refractivity (Wildman–Crippen MR) is 133 cm³/mol. The summed E-state index contributed by atoms with van der Waals surface area (Å²) in [5.74, 6) is 0.468. The van der Waals surface area contributed by atoms with Crippen LogP contribution < -0.4 is 19.9 Å². The van der Waals surface area contributed by atoms with E-state index in [4.69, 9.17) is 9.72 Å². The van der Waals surface area contributed by atoms with E-state index in [1.54, 1.807) is 24.2 Å². The molecular formula is C25H35N5O4. The van der Waals surface area contributed by atoms with E-state index in [-0.39, 0.29) is 11.5 Å². The van der Waals surface area contributed by atoms with E-state index in [9.17, 15) is 14.7 Å². The molecule has 9 heteroatoms. The molecule has 1 aromatic carbocycles. The lowest BCUT2D eigenvalue weighted by Gasteiger charge is -2.32. The normalized spacial score (nSPS) is 13.5. The van der Waals surface area contributed by atoms with E-state index in [0.717, 1.165) is 38.0 Å². The van der Waals surface area contributed by atoms with Crippen LogP contribution in [0.1, 0.15) is 69.2 Å². The Labute approximate surface area is 201 Å². The Hall–Kier alpha value is -3.36. The zero-order chi connectivity index (χ0) is 24.7. The van der Waals surface area contributed by atoms with Crippen LogP contribution in [0, 0.1) is 0 Å². The van der Waals surface area contributed by atoms with Crippen LogP contribution >= 0.6 is 0 Å². The van der Waals surface area contributed by atoms with Crippen LogP contribution in [0.4, 0.5) is 23.1 Å². The van der Waals surface area contributed by atoms with Crippen molar-refractivity contribution in [2.75, 3.05) is 35.8 Å². The molecule has 1 fully saturated rings. The summed E-state index contributed by atoms with van der Waals surface area (Å²) in [5, 5.41) is 12.4. The van der Waals surface area contributed by atoms with Gasteiger partial charge in [-0.1, -0.05) is 26.2 Å². The zero-order valence-electron chi connectivity index (χ0n) is 20.5. The molecule has 0 atom stereocenters. The molecule has 0 aliphatic heterocycles. The number of methoxy groups -OCH3 is 1. The monoisotopic (exact) mass is 469 g/mol. The van der Waals surface area contributed by atoms with Crippen LogP contribution in [0.25, 0.3) is 0 Å². The first-order valence-electron chi connectivity index (χ1n) is 12.0. The molecule has 2 N–H and O–H groups in total. The van der Waals surface area contributed by atoms with E-state index < -0.39 is 5.97 Å². The first-order valence-corrected chi connectivity index (χ1v) is 12.0. The highest BCUT2D eigenvalue weighted by molar-refractivity contribution is 5.95. The highest BCUT2D eigenvalue weighted by atomic mass is 16.5. The predicted octanol–water partition coefficient (Wildman–Crippen LogP) is 4.85. The lowest BCUT2D eigenvalue weighted by molar-refractivity contribution is -0.118. The third-order valence-electron chi connectivity index (χ3n) is 6.30. The molecule has 9 nitrogen and oxygen atoms in total. The number of nitrogens with one attached hydrogen (secondary N) is 1. The fourth-order valence-corrected chi connectivity index (χ4v) is 4.35. The number of aromatic carboxylic acids is 1. The average Bonchev–Trinajstić information content (AvgIpc) is 3.37. The Kier molecular flexibility index (Phi) is 8.67. The molecule has 0 bridgehead atoms. The highest BCUT2D eigenvalue weighted by Crippen LogP contribution is 2.35. The molecule has 0 unspecified atom stereocenters. The number of benzene rings is 1. The molecule has 184 valence electrons. The van der Waals surface area contributed by atoms with Crippen LogP contribution in [0.15, 0.2) is 24.4 Å². The summed E-state index contributed by atoms with van der Waals surface area (Å²) < 4.78 is 5.37. The third kappa shape index (κ3) is 5.76. The minimum Gasteiger partial charge on any atom is -0.495 e. The summed E-state index contributed by atoms with van der Waals surface area (Å²) in [6.45, 7) is 4.93. The quantitative estimate of drug-likeness (QED) is 0.481. The SMILES string of the molecule is CCCCC(=O)N(C)c1cnc(Nc2ccc(C(=O)O)cc2OC)nc1N(CC)C1CCCC1. The lowest BCUT2D eigenvalue weighted by Crippen LogP contribution is -2.36. The number of rotatable bonds is 11. The molecule has 1 aliphatic rings. The van der Waals surface area contributed by atoms with Crippen molar-refractivity contribution >= 4 is 35.0 Å². The molecule has 1 saturated carbocycles. The molecule has 0 spiro atoms. The van der Waals surface area contributed by atoms with Crippen LogP contribution in [0.2, 0.25) is 0 Å². The molecule has 1 aromatic heterocycles. The standard InChI is InChI=1S/C25H35N5O4/c1-5-7-12-22(31)29(3)20-16-26-25(28-23(20)30(6-2)18-10-8-9-11-18)27-19-14-13-17(24(32)33)15-21(19)34-4/h13-16,18H,5-12H2,1-4H3,(H,32,33)(H,26,27,28). The zero-order valence-corrected chi connectivity index (χ0v) is 20.5. The Morgan fingerprint density at radius 1 is 1.24 bits per heavy atom. The van der Waals surface area contributed by atoms with Crippen LogP contribution in [0.5, 0.6) is 5.75 Å². The third-order valence-corrected chi connectivity index (χ3v) is 6.30. The van der Waals surface area contributed by atoms with E-state index in [1.807, 2.05) is 0 Å². The van der Waals surface area contributed by atoms with E-state index >= 15 is 0 Å². The van der Waals surface area contributed by atoms with Gasteiger partial charge in [0, 0.05) is 26.1 Å². The number of carbonyl (C=O) groups excluding carboxylic acids is 1. The van der Waals surface area contributed by atoms with Gasteiger partial charge in [-0.25, -0.2) is 9.78 Å². The van der Waals surface area contributed by atoms with Crippen molar-refractivity contribution < 1.29 is 19.4 Å². The summed E-state index contributed by atoms with van der Waals surface area (Å²) >= 11 is 0. The average molecular weight is 470 g/mol. The number of amides is 1. The van der Waals surface area contributed by atoms with Crippen molar-refractivity contribution in [1.82, 2.24) is 9.97 Å². The number of nitrogens with zero attached hydrogens (tertiary/aromatic N) is 4. The topological polar surface area (TPSA) is 108 Å². The number of hydrogen-bond donors (Lipinski definition) is 2. The molecule has 34 heavy (non-hydrogen) atoms. The summed E-state index contributed by atoms with van der Waals surface area (Å²) in [6.07, 6.45) is 8.52. The van der Waals surface area contributed by atoms with Crippen LogP contribution in [-0.4, -0.2) is 53.7 Å². The number of anilines is 4. The number of hydrogen-bond acceptors (Lipinski definition) is 7. The van der Waals surface area contributed by atoms with E-state index in [0.29, 0.717) is 35.5 Å². The van der Waals surface area contributed by atoms with Gasteiger partial charge in [0.25, 0.3) is 0 Å². The van der Waals surface area contributed by atoms with Gasteiger partial charge >= 0.3 is 5.97 Å². The molecule has 1 amide bonds. The number of aromatic nitrogens is 2. The van der Waals surface area contributed by atoms with Gasteiger partial charge in [0.2, 0.25) is 11.9 Å². The van der Waals surface area contributed by atoms with Gasteiger partial charge in [-0.05, 0) is 44.4 Å². The number of carboxylic acids is 1.